The first kappa shape index (κ1) is 11.7. The first-order valence-electron chi connectivity index (χ1n) is 6.40. The van der Waals surface area contributed by atoms with Gasteiger partial charge in [0, 0.05) is 24.3 Å². The highest BCUT2D eigenvalue weighted by molar-refractivity contribution is 5.98. The highest BCUT2D eigenvalue weighted by Crippen LogP contribution is 2.39. The first-order chi connectivity index (χ1) is 9.29. The maximum atomic E-state index is 12.2. The summed E-state index contributed by atoms with van der Waals surface area (Å²) in [5, 5.41) is 9.06. The Labute approximate surface area is 111 Å². The standard InChI is InChI=1S/C16H13NO2/c17-10-12-9-13(11-5-2-1-3-6-11)16-14(18)7-4-8-15(16)19-12/h1-3,5-6,9,13H,4,7-8H2. The number of hydrogen-bond donors (Lipinski definition) is 0. The van der Waals surface area contributed by atoms with Crippen molar-refractivity contribution in [1.29, 1.82) is 5.26 Å². The molecule has 1 heterocycles. The molecule has 1 unspecified atom stereocenters. The SMILES string of the molecule is N#CC1=CC(c2ccccc2)C2=C(CCCC2=O)O1. The fourth-order valence-corrected chi connectivity index (χ4v) is 2.67. The summed E-state index contributed by atoms with van der Waals surface area (Å²) in [7, 11) is 0. The van der Waals surface area contributed by atoms with E-state index in [0.29, 0.717) is 17.9 Å². The second-order valence-electron chi connectivity index (χ2n) is 4.75. The van der Waals surface area contributed by atoms with E-state index in [1.807, 2.05) is 36.4 Å². The summed E-state index contributed by atoms with van der Waals surface area (Å²) in [6.45, 7) is 0. The molecule has 1 aliphatic carbocycles. The Kier molecular flexibility index (Phi) is 2.92. The number of carbonyl (C=O) groups excluding carboxylic acids is 1. The number of Topliss-reactive ketones (excluding diaryl/α,β-unsaturated/α-hetero) is 1. The van der Waals surface area contributed by atoms with Gasteiger partial charge in [-0.3, -0.25) is 4.79 Å². The molecule has 3 rings (SSSR count). The van der Waals surface area contributed by atoms with Crippen molar-refractivity contribution in [1.82, 2.24) is 0 Å². The van der Waals surface area contributed by atoms with Crippen LogP contribution in [0.25, 0.3) is 0 Å². The monoisotopic (exact) mass is 251 g/mol. The quantitative estimate of drug-likeness (QED) is 0.770. The molecule has 0 N–H and O–H groups in total. The molecule has 3 heteroatoms. The fraction of sp³-hybridized carbons (Fsp3) is 0.250. The number of ether oxygens (including phenoxy) is 1. The molecule has 1 atom stereocenters. The average molecular weight is 251 g/mol. The molecule has 0 aromatic heterocycles. The first-order valence-corrected chi connectivity index (χ1v) is 6.40. The van der Waals surface area contributed by atoms with Gasteiger partial charge in [-0.05, 0) is 18.1 Å². The third kappa shape index (κ3) is 2.06. The molecule has 0 saturated heterocycles. The van der Waals surface area contributed by atoms with E-state index in [-0.39, 0.29) is 11.7 Å². The zero-order valence-electron chi connectivity index (χ0n) is 10.4. The zero-order chi connectivity index (χ0) is 13.2. The summed E-state index contributed by atoms with van der Waals surface area (Å²) in [5.41, 5.74) is 1.76. The van der Waals surface area contributed by atoms with Crippen LogP contribution in [0.15, 0.2) is 53.5 Å². The lowest BCUT2D eigenvalue weighted by Gasteiger charge is -2.28. The molecule has 0 radical (unpaired) electrons. The van der Waals surface area contributed by atoms with Crippen molar-refractivity contribution in [3.8, 4) is 6.07 Å². The van der Waals surface area contributed by atoms with Gasteiger partial charge in [0.2, 0.25) is 5.76 Å². The highest BCUT2D eigenvalue weighted by atomic mass is 16.5. The molecular formula is C16H13NO2. The minimum Gasteiger partial charge on any atom is -0.450 e. The predicted molar refractivity (Wildman–Crippen MR) is 69.8 cm³/mol. The Morgan fingerprint density at radius 2 is 2.00 bits per heavy atom. The molecule has 3 nitrogen and oxygen atoms in total. The second kappa shape index (κ2) is 4.74. The number of nitrogens with zero attached hydrogens (tertiary/aromatic N) is 1. The largest absolute Gasteiger partial charge is 0.450 e. The Morgan fingerprint density at radius 1 is 1.21 bits per heavy atom. The predicted octanol–water partition coefficient (Wildman–Crippen LogP) is 3.21. The van der Waals surface area contributed by atoms with Crippen LogP contribution in [0.2, 0.25) is 0 Å². The minimum absolute atomic E-state index is 0.142. The smallest absolute Gasteiger partial charge is 0.200 e. The fourth-order valence-electron chi connectivity index (χ4n) is 2.67. The van der Waals surface area contributed by atoms with Crippen LogP contribution < -0.4 is 0 Å². The van der Waals surface area contributed by atoms with Gasteiger partial charge >= 0.3 is 0 Å². The molecule has 0 amide bonds. The minimum atomic E-state index is -0.146. The van der Waals surface area contributed by atoms with Gasteiger partial charge in [-0.25, -0.2) is 0 Å². The number of nitriles is 1. The third-order valence-corrected chi connectivity index (χ3v) is 3.54. The maximum Gasteiger partial charge on any atom is 0.200 e. The molecule has 0 spiro atoms. The molecular weight excluding hydrogens is 238 g/mol. The van der Waals surface area contributed by atoms with Crippen LogP contribution in [0.1, 0.15) is 30.7 Å². The van der Waals surface area contributed by atoms with E-state index in [1.54, 1.807) is 6.08 Å². The van der Waals surface area contributed by atoms with E-state index >= 15 is 0 Å². The van der Waals surface area contributed by atoms with Gasteiger partial charge in [-0.2, -0.15) is 5.26 Å². The zero-order valence-corrected chi connectivity index (χ0v) is 10.4. The number of benzene rings is 1. The number of carbonyl (C=O) groups is 1. The Hall–Kier alpha value is -2.34. The van der Waals surface area contributed by atoms with E-state index in [2.05, 4.69) is 0 Å². The van der Waals surface area contributed by atoms with E-state index in [4.69, 9.17) is 10.00 Å². The van der Waals surface area contributed by atoms with Gasteiger partial charge in [0.25, 0.3) is 0 Å². The van der Waals surface area contributed by atoms with Crippen LogP contribution in [0.5, 0.6) is 0 Å². The summed E-state index contributed by atoms with van der Waals surface area (Å²) < 4.78 is 5.52. The van der Waals surface area contributed by atoms with Gasteiger partial charge in [0.15, 0.2) is 5.78 Å². The molecule has 0 saturated carbocycles. The van der Waals surface area contributed by atoms with Crippen LogP contribution in [0, 0.1) is 11.3 Å². The summed E-state index contributed by atoms with van der Waals surface area (Å²) in [6.07, 6.45) is 3.86. The summed E-state index contributed by atoms with van der Waals surface area (Å²) in [5.74, 6) is 0.974. The Balaban J connectivity index is 2.10. The van der Waals surface area contributed by atoms with Crippen LogP contribution in [0.4, 0.5) is 0 Å². The normalized spacial score (nSPS) is 22.2. The number of rotatable bonds is 1. The summed E-state index contributed by atoms with van der Waals surface area (Å²) >= 11 is 0. The van der Waals surface area contributed by atoms with E-state index < -0.39 is 0 Å². The lowest BCUT2D eigenvalue weighted by Crippen LogP contribution is -2.21. The van der Waals surface area contributed by atoms with Crippen molar-refractivity contribution < 1.29 is 9.53 Å². The van der Waals surface area contributed by atoms with Crippen molar-refractivity contribution in [2.75, 3.05) is 0 Å². The number of ketones is 1. The molecule has 1 aromatic rings. The van der Waals surface area contributed by atoms with Gasteiger partial charge in [0.05, 0.1) is 0 Å². The highest BCUT2D eigenvalue weighted by Gasteiger charge is 2.32. The molecule has 94 valence electrons. The summed E-state index contributed by atoms with van der Waals surface area (Å²) in [6, 6.07) is 11.8. The Bertz CT molecular complexity index is 620. The molecule has 0 bridgehead atoms. The van der Waals surface area contributed by atoms with Gasteiger partial charge in [0.1, 0.15) is 11.8 Å². The lowest BCUT2D eigenvalue weighted by atomic mass is 9.81. The number of hydrogen-bond acceptors (Lipinski definition) is 3. The Morgan fingerprint density at radius 3 is 2.74 bits per heavy atom. The van der Waals surface area contributed by atoms with Crippen molar-refractivity contribution in [3.63, 3.8) is 0 Å². The van der Waals surface area contributed by atoms with Gasteiger partial charge in [-0.1, -0.05) is 30.3 Å². The van der Waals surface area contributed by atoms with Gasteiger partial charge < -0.3 is 4.74 Å². The van der Waals surface area contributed by atoms with Crippen molar-refractivity contribution in [2.45, 2.75) is 25.2 Å². The van der Waals surface area contributed by atoms with Gasteiger partial charge in [-0.15, -0.1) is 0 Å². The number of allylic oxidation sites excluding steroid dienone is 4. The van der Waals surface area contributed by atoms with Crippen molar-refractivity contribution in [2.24, 2.45) is 0 Å². The van der Waals surface area contributed by atoms with E-state index in [9.17, 15) is 4.79 Å². The van der Waals surface area contributed by atoms with Crippen LogP contribution in [-0.4, -0.2) is 5.78 Å². The molecule has 1 aliphatic heterocycles. The van der Waals surface area contributed by atoms with Crippen LogP contribution >= 0.6 is 0 Å². The second-order valence-corrected chi connectivity index (χ2v) is 4.75. The third-order valence-electron chi connectivity index (χ3n) is 3.54. The topological polar surface area (TPSA) is 50.1 Å². The van der Waals surface area contributed by atoms with E-state index in [0.717, 1.165) is 24.0 Å². The summed E-state index contributed by atoms with van der Waals surface area (Å²) in [4.78, 5) is 12.2. The molecule has 19 heavy (non-hydrogen) atoms. The van der Waals surface area contributed by atoms with Crippen molar-refractivity contribution >= 4 is 5.78 Å². The van der Waals surface area contributed by atoms with Crippen LogP contribution in [-0.2, 0) is 9.53 Å². The maximum absolute atomic E-state index is 12.2. The van der Waals surface area contributed by atoms with Crippen LogP contribution in [0.3, 0.4) is 0 Å². The van der Waals surface area contributed by atoms with Crippen molar-refractivity contribution in [3.05, 3.63) is 59.1 Å². The van der Waals surface area contributed by atoms with E-state index in [1.165, 1.54) is 0 Å². The lowest BCUT2D eigenvalue weighted by molar-refractivity contribution is -0.116. The molecule has 0 fully saturated rings. The average Bonchev–Trinajstić information content (AvgIpc) is 2.47. The molecule has 1 aromatic carbocycles. The molecule has 2 aliphatic rings.